The lowest BCUT2D eigenvalue weighted by molar-refractivity contribution is -0.123. The number of benzene rings is 2. The van der Waals surface area contributed by atoms with E-state index in [1.165, 1.54) is 19.1 Å². The fourth-order valence-corrected chi connectivity index (χ4v) is 5.01. The van der Waals surface area contributed by atoms with Gasteiger partial charge in [0, 0.05) is 18.8 Å². The Morgan fingerprint density at radius 1 is 1.16 bits per heavy atom. The fourth-order valence-electron chi connectivity index (χ4n) is 4.27. The summed E-state index contributed by atoms with van der Waals surface area (Å²) in [7, 11) is 2.99. The molecule has 4 rings (SSSR count). The molecule has 1 saturated heterocycles. The second-order valence-electron chi connectivity index (χ2n) is 8.55. The average molecular weight is 540 g/mol. The van der Waals surface area contributed by atoms with Gasteiger partial charge < -0.3 is 31.0 Å². The number of para-hydroxylation sites is 1. The summed E-state index contributed by atoms with van der Waals surface area (Å²) < 4.78 is 20.5. The van der Waals surface area contributed by atoms with Crippen LogP contribution in [-0.4, -0.2) is 55.6 Å². The summed E-state index contributed by atoms with van der Waals surface area (Å²) in [6, 6.07) is 12.5. The predicted molar refractivity (Wildman–Crippen MR) is 143 cm³/mol. The van der Waals surface area contributed by atoms with Crippen molar-refractivity contribution in [2.75, 3.05) is 38.0 Å². The zero-order chi connectivity index (χ0) is 27.2. The molecule has 0 unspecified atom stereocenters. The number of nitrogen functional groups attached to an aromatic ring is 1. The maximum absolute atomic E-state index is 14.1. The van der Waals surface area contributed by atoms with Gasteiger partial charge in [0.1, 0.15) is 10.9 Å². The molecule has 1 aliphatic rings. The molecule has 12 heteroatoms. The third-order valence-electron chi connectivity index (χ3n) is 6.17. The van der Waals surface area contributed by atoms with Crippen molar-refractivity contribution in [3.05, 3.63) is 64.7 Å². The molecule has 3 aromatic rings. The van der Waals surface area contributed by atoms with E-state index in [0.29, 0.717) is 29.4 Å². The summed E-state index contributed by atoms with van der Waals surface area (Å²) in [5, 5.41) is 2.94. The number of nitrogens with two attached hydrogens (primary N) is 2. The third kappa shape index (κ3) is 5.55. The minimum absolute atomic E-state index is 0.0138. The van der Waals surface area contributed by atoms with Crippen LogP contribution in [0.5, 0.6) is 11.5 Å². The van der Waals surface area contributed by atoms with E-state index in [4.69, 9.17) is 25.7 Å². The highest BCUT2D eigenvalue weighted by Gasteiger charge is 2.36. The van der Waals surface area contributed by atoms with Crippen LogP contribution in [0.3, 0.4) is 0 Å². The minimum atomic E-state index is -1.15. The van der Waals surface area contributed by atoms with Gasteiger partial charge in [-0.1, -0.05) is 24.3 Å². The Labute approximate surface area is 223 Å². The summed E-state index contributed by atoms with van der Waals surface area (Å²) in [5.74, 6) is -1.07. The molecule has 2 atom stereocenters. The van der Waals surface area contributed by atoms with Crippen LogP contribution < -0.4 is 31.2 Å². The molecule has 38 heavy (non-hydrogen) atoms. The topological polar surface area (TPSA) is 159 Å². The molecular weight excluding hydrogens is 510 g/mol. The highest BCUT2D eigenvalue weighted by Crippen LogP contribution is 2.36. The van der Waals surface area contributed by atoms with Gasteiger partial charge in [-0.25, -0.2) is 0 Å². The number of carbonyl (C=O) groups is 3. The van der Waals surface area contributed by atoms with Crippen molar-refractivity contribution in [3.8, 4) is 11.5 Å². The molecule has 5 N–H and O–H groups in total. The number of ether oxygens (including phenoxy) is 3. The first-order valence-corrected chi connectivity index (χ1v) is 12.7. The lowest BCUT2D eigenvalue weighted by atomic mass is 10.0. The number of carbonyl (C=O) groups excluding carboxylic acids is 3. The second kappa shape index (κ2) is 11.9. The normalized spacial score (nSPS) is 15.5. The molecule has 1 aliphatic heterocycles. The van der Waals surface area contributed by atoms with Gasteiger partial charge in [0.15, 0.2) is 17.2 Å². The smallest absolute Gasteiger partial charge is 0.273 e. The van der Waals surface area contributed by atoms with Gasteiger partial charge in [0.25, 0.3) is 11.8 Å². The Morgan fingerprint density at radius 2 is 1.89 bits per heavy atom. The van der Waals surface area contributed by atoms with Crippen molar-refractivity contribution < 1.29 is 28.6 Å². The van der Waals surface area contributed by atoms with Crippen molar-refractivity contribution in [3.63, 3.8) is 0 Å². The number of methoxy groups -OCH3 is 2. The average Bonchev–Trinajstić information content (AvgIpc) is 3.59. The maximum Gasteiger partial charge on any atom is 0.273 e. The van der Waals surface area contributed by atoms with Gasteiger partial charge in [-0.2, -0.15) is 4.37 Å². The Balaban J connectivity index is 1.83. The van der Waals surface area contributed by atoms with E-state index in [0.717, 1.165) is 24.4 Å². The number of amides is 3. The number of hydrogen-bond acceptors (Lipinski definition) is 9. The molecule has 0 radical (unpaired) electrons. The first-order chi connectivity index (χ1) is 18.3. The van der Waals surface area contributed by atoms with Gasteiger partial charge in [0.2, 0.25) is 5.91 Å². The summed E-state index contributed by atoms with van der Waals surface area (Å²) in [6.07, 6.45) is 1.64. The summed E-state index contributed by atoms with van der Waals surface area (Å²) in [5.41, 5.74) is 12.0. The van der Waals surface area contributed by atoms with E-state index in [-0.39, 0.29) is 28.9 Å². The number of aromatic nitrogens is 1. The number of nitrogens with one attached hydrogen (secondary N) is 1. The Bertz CT molecular complexity index is 1310. The van der Waals surface area contributed by atoms with Crippen molar-refractivity contribution in [2.45, 2.75) is 25.0 Å². The van der Waals surface area contributed by atoms with Crippen molar-refractivity contribution in [2.24, 2.45) is 5.73 Å². The monoisotopic (exact) mass is 539 g/mol. The highest BCUT2D eigenvalue weighted by molar-refractivity contribution is 7.09. The SMILES string of the molecule is COc1ccc([C@H](C(=O)NC[C@H]2CCCO2)N(C(=O)c2snc(C(N)=O)c2N)c2ccccc2)cc1OC. The zero-order valence-corrected chi connectivity index (χ0v) is 21.8. The standard InChI is InChI=1S/C26H29N5O6S/c1-35-18-11-10-15(13-19(18)36-2)22(25(33)29-14-17-9-6-12-37-17)31(16-7-4-3-5-8-16)26(34)23-20(27)21(24(28)32)30-38-23/h3-5,7-8,10-11,13,17,22H,6,9,12,14,27H2,1-2H3,(H2,28,32)(H,29,33)/t17-,22-/m1/s1. The molecule has 11 nitrogen and oxygen atoms in total. The zero-order valence-electron chi connectivity index (χ0n) is 21.0. The van der Waals surface area contributed by atoms with E-state index in [1.807, 2.05) is 0 Å². The largest absolute Gasteiger partial charge is 0.493 e. The van der Waals surface area contributed by atoms with Crippen LogP contribution in [0.1, 0.15) is 44.6 Å². The number of nitrogens with zero attached hydrogens (tertiary/aromatic N) is 2. The number of hydrogen-bond donors (Lipinski definition) is 3. The highest BCUT2D eigenvalue weighted by atomic mass is 32.1. The molecule has 200 valence electrons. The fraction of sp³-hybridized carbons (Fsp3) is 0.308. The van der Waals surface area contributed by atoms with E-state index < -0.39 is 23.8 Å². The molecular formula is C26H29N5O6S. The van der Waals surface area contributed by atoms with E-state index in [2.05, 4.69) is 9.69 Å². The third-order valence-corrected chi connectivity index (χ3v) is 7.02. The van der Waals surface area contributed by atoms with Crippen LogP contribution in [-0.2, 0) is 9.53 Å². The first kappa shape index (κ1) is 26.9. The van der Waals surface area contributed by atoms with Gasteiger partial charge >= 0.3 is 0 Å². The van der Waals surface area contributed by atoms with E-state index >= 15 is 0 Å². The number of anilines is 2. The summed E-state index contributed by atoms with van der Waals surface area (Å²) in [6.45, 7) is 0.926. The summed E-state index contributed by atoms with van der Waals surface area (Å²) >= 11 is 0.744. The van der Waals surface area contributed by atoms with Crippen LogP contribution in [0.4, 0.5) is 11.4 Å². The molecule has 2 aromatic carbocycles. The first-order valence-electron chi connectivity index (χ1n) is 11.9. The van der Waals surface area contributed by atoms with E-state index in [9.17, 15) is 14.4 Å². The number of primary amides is 1. The van der Waals surface area contributed by atoms with Crippen molar-refractivity contribution in [1.82, 2.24) is 9.69 Å². The lowest BCUT2D eigenvalue weighted by Gasteiger charge is -2.32. The Morgan fingerprint density at radius 3 is 2.50 bits per heavy atom. The van der Waals surface area contributed by atoms with Crippen molar-refractivity contribution >= 4 is 40.6 Å². The molecule has 0 spiro atoms. The van der Waals surface area contributed by atoms with Crippen LogP contribution in [0.15, 0.2) is 48.5 Å². The van der Waals surface area contributed by atoms with Crippen LogP contribution in [0.25, 0.3) is 0 Å². The molecule has 1 fully saturated rings. The molecule has 1 aromatic heterocycles. The lowest BCUT2D eigenvalue weighted by Crippen LogP contribution is -2.45. The predicted octanol–water partition coefficient (Wildman–Crippen LogP) is 2.52. The quantitative estimate of drug-likeness (QED) is 0.354. The van der Waals surface area contributed by atoms with Gasteiger partial charge in [-0.3, -0.25) is 19.3 Å². The Kier molecular flexibility index (Phi) is 8.44. The van der Waals surface area contributed by atoms with Crippen molar-refractivity contribution in [1.29, 1.82) is 0 Å². The van der Waals surface area contributed by atoms with Crippen LogP contribution >= 0.6 is 11.5 Å². The number of rotatable bonds is 10. The molecule has 0 bridgehead atoms. The Hall–Kier alpha value is -4.16. The van der Waals surface area contributed by atoms with Gasteiger partial charge in [-0.05, 0) is 54.2 Å². The molecule has 2 heterocycles. The molecule has 0 aliphatic carbocycles. The molecule has 3 amide bonds. The second-order valence-corrected chi connectivity index (χ2v) is 9.32. The maximum atomic E-state index is 14.1. The van der Waals surface area contributed by atoms with Gasteiger partial charge in [0.05, 0.1) is 26.0 Å². The van der Waals surface area contributed by atoms with Crippen LogP contribution in [0, 0.1) is 0 Å². The van der Waals surface area contributed by atoms with E-state index in [1.54, 1.807) is 48.5 Å². The minimum Gasteiger partial charge on any atom is -0.493 e. The summed E-state index contributed by atoms with van der Waals surface area (Å²) in [4.78, 5) is 41.0. The van der Waals surface area contributed by atoms with Gasteiger partial charge in [-0.15, -0.1) is 0 Å². The molecule has 0 saturated carbocycles. The van der Waals surface area contributed by atoms with Crippen LogP contribution in [0.2, 0.25) is 0 Å².